The van der Waals surface area contributed by atoms with Crippen LogP contribution in [0.5, 0.6) is 0 Å². The average Bonchev–Trinajstić information content (AvgIpc) is 3.13. The van der Waals surface area contributed by atoms with Gasteiger partial charge in [-0.25, -0.2) is 18.1 Å². The van der Waals surface area contributed by atoms with Crippen LogP contribution >= 0.6 is 11.3 Å². The van der Waals surface area contributed by atoms with E-state index in [0.29, 0.717) is 6.54 Å². The second-order valence-corrected chi connectivity index (χ2v) is 8.07. The molecule has 1 saturated carbocycles. The first-order chi connectivity index (χ1) is 8.97. The molecule has 2 rings (SSSR count). The zero-order valence-corrected chi connectivity index (χ0v) is 13.0. The molecule has 1 aliphatic carbocycles. The van der Waals surface area contributed by atoms with Crippen LogP contribution in [0.4, 0.5) is 0 Å². The maximum absolute atomic E-state index is 11.6. The lowest BCUT2D eigenvalue weighted by atomic mass is 10.3. The highest BCUT2D eigenvalue weighted by Gasteiger charge is 2.35. The van der Waals surface area contributed by atoms with Crippen molar-refractivity contribution in [2.24, 2.45) is 0 Å². The fraction of sp³-hybridized carbons (Fsp3) is 0.750. The Morgan fingerprint density at radius 2 is 2.26 bits per heavy atom. The lowest BCUT2D eigenvalue weighted by Crippen LogP contribution is -2.40. The second kappa shape index (κ2) is 6.30. The zero-order valence-electron chi connectivity index (χ0n) is 11.3. The van der Waals surface area contributed by atoms with Gasteiger partial charge in [0.15, 0.2) is 0 Å². The van der Waals surface area contributed by atoms with Crippen molar-refractivity contribution in [2.75, 3.05) is 13.1 Å². The highest BCUT2D eigenvalue weighted by atomic mass is 32.2. The lowest BCUT2D eigenvalue weighted by Gasteiger charge is -2.14. The number of aromatic nitrogens is 1. The Morgan fingerprint density at radius 3 is 2.84 bits per heavy atom. The molecule has 1 aliphatic rings. The first-order valence-electron chi connectivity index (χ1n) is 6.60. The predicted octanol–water partition coefficient (Wildman–Crippen LogP) is 1.05. The third kappa shape index (κ3) is 4.83. The van der Waals surface area contributed by atoms with E-state index in [1.54, 1.807) is 11.3 Å². The van der Waals surface area contributed by atoms with E-state index in [1.165, 1.54) is 0 Å². The molecule has 108 valence electrons. The van der Waals surface area contributed by atoms with Gasteiger partial charge in [-0.15, -0.1) is 11.3 Å². The van der Waals surface area contributed by atoms with E-state index < -0.39 is 10.0 Å². The number of hydrogen-bond acceptors (Lipinski definition) is 5. The molecule has 1 aromatic heterocycles. The Morgan fingerprint density at radius 1 is 1.53 bits per heavy atom. The Bertz CT molecular complexity index is 509. The molecule has 1 fully saturated rings. The van der Waals surface area contributed by atoms with Gasteiger partial charge in [0.1, 0.15) is 0 Å². The maximum atomic E-state index is 11.6. The number of nitrogens with one attached hydrogen (secondary N) is 2. The van der Waals surface area contributed by atoms with Gasteiger partial charge in [-0.1, -0.05) is 0 Å². The summed E-state index contributed by atoms with van der Waals surface area (Å²) in [5, 5.41) is 6.34. The highest BCUT2D eigenvalue weighted by molar-refractivity contribution is 7.90. The van der Waals surface area contributed by atoms with Crippen LogP contribution in [0.1, 0.15) is 30.5 Å². The summed E-state index contributed by atoms with van der Waals surface area (Å²) in [7, 11) is -3.06. The van der Waals surface area contributed by atoms with Gasteiger partial charge in [0, 0.05) is 36.6 Å². The topological polar surface area (TPSA) is 71.1 Å². The van der Waals surface area contributed by atoms with Gasteiger partial charge in [0.05, 0.1) is 10.3 Å². The third-order valence-corrected chi connectivity index (χ3v) is 6.00. The highest BCUT2D eigenvalue weighted by Crippen LogP contribution is 2.27. The van der Waals surface area contributed by atoms with Crippen molar-refractivity contribution in [3.05, 3.63) is 16.1 Å². The number of rotatable bonds is 8. The van der Waals surface area contributed by atoms with E-state index in [1.807, 2.05) is 19.2 Å². The van der Waals surface area contributed by atoms with Crippen LogP contribution < -0.4 is 10.0 Å². The standard InChI is InChI=1S/C12H21N3O2S2/c1-9(7-14-19(16,17)11-3-4-11)13-6-5-12-15-10(2)8-18-12/h8-9,11,13-14H,3-7H2,1-2H3/t9-/m1/s1. The first kappa shape index (κ1) is 14.9. The maximum Gasteiger partial charge on any atom is 0.214 e. The molecule has 0 radical (unpaired) electrons. The molecule has 0 unspecified atom stereocenters. The normalized spacial score (nSPS) is 17.6. The average molecular weight is 303 g/mol. The third-order valence-electron chi connectivity index (χ3n) is 3.05. The van der Waals surface area contributed by atoms with E-state index in [0.717, 1.165) is 36.5 Å². The molecule has 1 heterocycles. The molecule has 5 nitrogen and oxygen atoms in total. The van der Waals surface area contributed by atoms with Crippen LogP contribution in [-0.4, -0.2) is 37.8 Å². The first-order valence-corrected chi connectivity index (χ1v) is 9.03. The molecule has 1 atom stereocenters. The second-order valence-electron chi connectivity index (χ2n) is 5.08. The SMILES string of the molecule is Cc1csc(CCN[C@H](C)CNS(=O)(=O)C2CC2)n1. The Balaban J connectivity index is 1.63. The summed E-state index contributed by atoms with van der Waals surface area (Å²) >= 11 is 1.67. The van der Waals surface area contributed by atoms with E-state index in [2.05, 4.69) is 15.0 Å². The zero-order chi connectivity index (χ0) is 13.9. The van der Waals surface area contributed by atoms with E-state index in [-0.39, 0.29) is 11.3 Å². The van der Waals surface area contributed by atoms with E-state index >= 15 is 0 Å². The van der Waals surface area contributed by atoms with Gasteiger partial charge in [-0.2, -0.15) is 0 Å². The fourth-order valence-corrected chi connectivity index (χ4v) is 4.00. The summed E-state index contributed by atoms with van der Waals surface area (Å²) in [6.45, 7) is 5.25. The van der Waals surface area contributed by atoms with Gasteiger partial charge >= 0.3 is 0 Å². The van der Waals surface area contributed by atoms with Crippen LogP contribution in [0.25, 0.3) is 0 Å². The van der Waals surface area contributed by atoms with Crippen LogP contribution in [0.15, 0.2) is 5.38 Å². The van der Waals surface area contributed by atoms with Crippen LogP contribution in [-0.2, 0) is 16.4 Å². The molecule has 0 aromatic carbocycles. The summed E-state index contributed by atoms with van der Waals surface area (Å²) < 4.78 is 26.0. The molecule has 0 spiro atoms. The number of aryl methyl sites for hydroxylation is 1. The van der Waals surface area contributed by atoms with Gasteiger partial charge in [0.2, 0.25) is 10.0 Å². The number of hydrogen-bond donors (Lipinski definition) is 2. The quantitative estimate of drug-likeness (QED) is 0.753. The van der Waals surface area contributed by atoms with Gasteiger partial charge in [-0.05, 0) is 26.7 Å². The smallest absolute Gasteiger partial charge is 0.214 e. The summed E-state index contributed by atoms with van der Waals surface area (Å²) in [5.74, 6) is 0. The molecular formula is C12H21N3O2S2. The van der Waals surface area contributed by atoms with Gasteiger partial charge in [0.25, 0.3) is 0 Å². The number of nitrogens with zero attached hydrogens (tertiary/aromatic N) is 1. The molecular weight excluding hydrogens is 282 g/mol. The van der Waals surface area contributed by atoms with Crippen molar-refractivity contribution >= 4 is 21.4 Å². The molecule has 1 aromatic rings. The van der Waals surface area contributed by atoms with E-state index in [9.17, 15) is 8.42 Å². The fourth-order valence-electron chi connectivity index (χ4n) is 1.75. The van der Waals surface area contributed by atoms with Crippen molar-refractivity contribution in [3.8, 4) is 0 Å². The molecule has 0 bridgehead atoms. The summed E-state index contributed by atoms with van der Waals surface area (Å²) in [6.07, 6.45) is 2.50. The number of thiazole rings is 1. The minimum atomic E-state index is -3.06. The molecule has 0 aliphatic heterocycles. The molecule has 0 amide bonds. The molecule has 19 heavy (non-hydrogen) atoms. The summed E-state index contributed by atoms with van der Waals surface area (Å²) in [5.41, 5.74) is 1.06. The van der Waals surface area contributed by atoms with Gasteiger partial charge in [-0.3, -0.25) is 0 Å². The Labute approximate surface area is 118 Å². The molecule has 7 heteroatoms. The monoisotopic (exact) mass is 303 g/mol. The molecule has 0 saturated heterocycles. The Hall–Kier alpha value is -0.500. The van der Waals surface area contributed by atoms with E-state index in [4.69, 9.17) is 0 Å². The molecule has 2 N–H and O–H groups in total. The Kier molecular flexibility index (Phi) is 4.94. The predicted molar refractivity (Wildman–Crippen MR) is 78.0 cm³/mol. The van der Waals surface area contributed by atoms with Gasteiger partial charge < -0.3 is 5.32 Å². The van der Waals surface area contributed by atoms with Crippen LogP contribution in [0.3, 0.4) is 0 Å². The lowest BCUT2D eigenvalue weighted by molar-refractivity contribution is 0.526. The van der Waals surface area contributed by atoms with Crippen molar-refractivity contribution in [1.29, 1.82) is 0 Å². The summed E-state index contributed by atoms with van der Waals surface area (Å²) in [4.78, 5) is 4.39. The summed E-state index contributed by atoms with van der Waals surface area (Å²) in [6, 6.07) is 0.134. The van der Waals surface area contributed by atoms with Crippen molar-refractivity contribution in [2.45, 2.75) is 44.4 Å². The number of sulfonamides is 1. The van der Waals surface area contributed by atoms with Crippen LogP contribution in [0, 0.1) is 6.92 Å². The van der Waals surface area contributed by atoms with Crippen molar-refractivity contribution < 1.29 is 8.42 Å². The minimum Gasteiger partial charge on any atom is -0.313 e. The van der Waals surface area contributed by atoms with Crippen LogP contribution in [0.2, 0.25) is 0 Å². The van der Waals surface area contributed by atoms with Crippen molar-refractivity contribution in [1.82, 2.24) is 15.0 Å². The largest absolute Gasteiger partial charge is 0.313 e. The minimum absolute atomic E-state index is 0.134. The van der Waals surface area contributed by atoms with Crippen molar-refractivity contribution in [3.63, 3.8) is 0 Å².